The van der Waals surface area contributed by atoms with Crippen LogP contribution in [0.5, 0.6) is 5.88 Å². The van der Waals surface area contributed by atoms with Crippen molar-refractivity contribution >= 4 is 39.0 Å². The topological polar surface area (TPSA) is 146 Å². The van der Waals surface area contributed by atoms with E-state index in [0.717, 1.165) is 15.2 Å². The maximum atomic E-state index is 10.8. The van der Waals surface area contributed by atoms with Crippen molar-refractivity contribution in [3.63, 3.8) is 0 Å². The molecule has 0 saturated heterocycles. The van der Waals surface area contributed by atoms with Gasteiger partial charge in [-0.2, -0.15) is 4.98 Å². The molecule has 200 valence electrons. The number of thiazole rings is 1. The van der Waals surface area contributed by atoms with Crippen LogP contribution in [0.25, 0.3) is 20.8 Å². The Morgan fingerprint density at radius 3 is 2.58 bits per heavy atom. The number of anilines is 3. The number of nitrogens with zero attached hydrogens (tertiary/aromatic N) is 4. The zero-order valence-corrected chi connectivity index (χ0v) is 22.5. The van der Waals surface area contributed by atoms with Crippen LogP contribution >= 0.6 is 11.3 Å². The first-order valence-corrected chi connectivity index (χ1v) is 13.4. The molecule has 5 rings (SSSR count). The molecule has 0 aliphatic heterocycles. The van der Waals surface area contributed by atoms with E-state index in [9.17, 15) is 15.3 Å². The summed E-state index contributed by atoms with van der Waals surface area (Å²) in [5, 5.41) is 39.2. The number of nitrogens with one attached hydrogen (secondary N) is 2. The molecule has 0 radical (unpaired) electrons. The highest BCUT2D eigenvalue weighted by molar-refractivity contribution is 7.21. The highest BCUT2D eigenvalue weighted by atomic mass is 32.1. The predicted molar refractivity (Wildman–Crippen MR) is 148 cm³/mol. The van der Waals surface area contributed by atoms with Crippen LogP contribution in [-0.2, 0) is 0 Å². The summed E-state index contributed by atoms with van der Waals surface area (Å²) in [5.74, 6) is 0.764. The highest BCUT2D eigenvalue weighted by Crippen LogP contribution is 2.39. The van der Waals surface area contributed by atoms with Crippen LogP contribution in [0.2, 0.25) is 0 Å². The quantitative estimate of drug-likeness (QED) is 0.224. The largest absolute Gasteiger partial charge is 0.475 e. The molecule has 11 heteroatoms. The first kappa shape index (κ1) is 26.2. The van der Waals surface area contributed by atoms with Crippen LogP contribution in [0.15, 0.2) is 48.8 Å². The minimum Gasteiger partial charge on any atom is -0.475 e. The van der Waals surface area contributed by atoms with E-state index in [2.05, 4.69) is 20.6 Å². The van der Waals surface area contributed by atoms with Crippen LogP contribution in [0.1, 0.15) is 34.1 Å². The third-order valence-electron chi connectivity index (χ3n) is 6.57. The van der Waals surface area contributed by atoms with Gasteiger partial charge in [0.15, 0.2) is 0 Å². The van der Waals surface area contributed by atoms with Crippen molar-refractivity contribution in [1.82, 2.24) is 19.9 Å². The molecular formula is C27H32N6O4S. The van der Waals surface area contributed by atoms with E-state index in [1.165, 1.54) is 11.3 Å². The lowest BCUT2D eigenvalue weighted by atomic mass is 9.88. The SMILES string of the molecule is CC(C)Oc1cc(Nc2ncc(-c3nc4ccccc4s3)c(N[C@@H]3C[C@@H](C(C)(C)O)[C@@H](O)[C@H]3O)n2)ccn1. The normalized spacial score (nSPS) is 21.7. The molecule has 1 fully saturated rings. The summed E-state index contributed by atoms with van der Waals surface area (Å²) >= 11 is 1.52. The molecule has 0 amide bonds. The van der Waals surface area contributed by atoms with E-state index >= 15 is 0 Å². The second-order valence-electron chi connectivity index (χ2n) is 10.3. The third kappa shape index (κ3) is 5.56. The van der Waals surface area contributed by atoms with Gasteiger partial charge in [-0.05, 0) is 52.3 Å². The van der Waals surface area contributed by atoms with Gasteiger partial charge in [0.1, 0.15) is 16.9 Å². The summed E-state index contributed by atoms with van der Waals surface area (Å²) in [6, 6.07) is 10.9. The molecule has 4 atom stereocenters. The van der Waals surface area contributed by atoms with Crippen LogP contribution < -0.4 is 15.4 Å². The Balaban J connectivity index is 1.49. The van der Waals surface area contributed by atoms with Crippen molar-refractivity contribution in [2.45, 2.75) is 64.1 Å². The van der Waals surface area contributed by atoms with Gasteiger partial charge in [-0.15, -0.1) is 11.3 Å². The number of hydrogen-bond donors (Lipinski definition) is 5. The molecule has 38 heavy (non-hydrogen) atoms. The van der Waals surface area contributed by atoms with Crippen molar-refractivity contribution in [3.8, 4) is 16.5 Å². The number of aromatic nitrogens is 4. The number of pyridine rings is 1. The van der Waals surface area contributed by atoms with Gasteiger partial charge < -0.3 is 30.7 Å². The van der Waals surface area contributed by atoms with E-state index in [4.69, 9.17) is 14.7 Å². The second-order valence-corrected chi connectivity index (χ2v) is 11.4. The maximum absolute atomic E-state index is 10.8. The van der Waals surface area contributed by atoms with Crippen LogP contribution in [-0.4, -0.2) is 65.2 Å². The summed E-state index contributed by atoms with van der Waals surface area (Å²) in [7, 11) is 0. The fourth-order valence-corrected chi connectivity index (χ4v) is 5.65. The van der Waals surface area contributed by atoms with Crippen LogP contribution in [0.4, 0.5) is 17.5 Å². The first-order chi connectivity index (χ1) is 18.1. The molecule has 5 N–H and O–H groups in total. The number of ether oxygens (including phenoxy) is 1. The molecule has 10 nitrogen and oxygen atoms in total. The van der Waals surface area contributed by atoms with E-state index < -0.39 is 29.8 Å². The average molecular weight is 537 g/mol. The Kier molecular flexibility index (Phi) is 7.19. The Morgan fingerprint density at radius 2 is 1.87 bits per heavy atom. The van der Waals surface area contributed by atoms with Gasteiger partial charge in [0.25, 0.3) is 0 Å². The number of hydrogen-bond acceptors (Lipinski definition) is 11. The second kappa shape index (κ2) is 10.4. The average Bonchev–Trinajstić information content (AvgIpc) is 3.40. The monoisotopic (exact) mass is 536 g/mol. The van der Waals surface area contributed by atoms with E-state index in [1.807, 2.05) is 38.1 Å². The van der Waals surface area contributed by atoms with Gasteiger partial charge >= 0.3 is 0 Å². The van der Waals surface area contributed by atoms with Crippen LogP contribution in [0.3, 0.4) is 0 Å². The minimum atomic E-state index is -1.15. The van der Waals surface area contributed by atoms with Crippen molar-refractivity contribution in [1.29, 1.82) is 0 Å². The van der Waals surface area contributed by atoms with Crippen molar-refractivity contribution in [2.75, 3.05) is 10.6 Å². The van der Waals surface area contributed by atoms with Gasteiger partial charge in [0.2, 0.25) is 11.8 Å². The Labute approximate surface area is 224 Å². The number of para-hydroxylation sites is 1. The molecule has 1 aliphatic rings. The van der Waals surface area contributed by atoms with Gasteiger partial charge in [-0.3, -0.25) is 0 Å². The van der Waals surface area contributed by atoms with Crippen LogP contribution in [0, 0.1) is 5.92 Å². The Hall–Kier alpha value is -3.38. The van der Waals surface area contributed by atoms with Crippen molar-refractivity contribution in [3.05, 3.63) is 48.8 Å². The van der Waals surface area contributed by atoms with E-state index in [-0.39, 0.29) is 6.10 Å². The lowest BCUT2D eigenvalue weighted by Gasteiger charge is -2.28. The molecular weight excluding hydrogens is 504 g/mol. The van der Waals surface area contributed by atoms with Gasteiger partial charge in [0.05, 0.1) is 39.6 Å². The summed E-state index contributed by atoms with van der Waals surface area (Å²) in [6.45, 7) is 7.14. The van der Waals surface area contributed by atoms with Crippen molar-refractivity contribution in [2.24, 2.45) is 5.92 Å². The molecule has 1 saturated carbocycles. The molecule has 0 spiro atoms. The fraction of sp³-hybridized carbons (Fsp3) is 0.407. The Bertz CT molecular complexity index is 1390. The molecule has 1 aromatic carbocycles. The van der Waals surface area contributed by atoms with Crippen molar-refractivity contribution < 1.29 is 20.1 Å². The van der Waals surface area contributed by atoms with Gasteiger partial charge in [0, 0.05) is 30.1 Å². The number of fused-ring (bicyclic) bond motifs is 1. The Morgan fingerprint density at radius 1 is 1.08 bits per heavy atom. The molecule has 4 aromatic rings. The lowest BCUT2D eigenvalue weighted by molar-refractivity contribution is -0.0601. The number of benzene rings is 1. The first-order valence-electron chi connectivity index (χ1n) is 12.6. The highest BCUT2D eigenvalue weighted by Gasteiger charge is 2.47. The lowest BCUT2D eigenvalue weighted by Crippen LogP contribution is -2.40. The molecule has 0 unspecified atom stereocenters. The number of aliphatic hydroxyl groups excluding tert-OH is 2. The molecule has 1 aliphatic carbocycles. The summed E-state index contributed by atoms with van der Waals surface area (Å²) in [4.78, 5) is 18.2. The van der Waals surface area contributed by atoms with E-state index in [1.54, 1.807) is 38.4 Å². The summed E-state index contributed by atoms with van der Waals surface area (Å²) < 4.78 is 6.72. The maximum Gasteiger partial charge on any atom is 0.229 e. The predicted octanol–water partition coefficient (Wildman–Crippen LogP) is 3.97. The molecule has 3 heterocycles. The van der Waals surface area contributed by atoms with Gasteiger partial charge in [-0.1, -0.05) is 12.1 Å². The summed E-state index contributed by atoms with van der Waals surface area (Å²) in [6.07, 6.45) is 1.51. The smallest absolute Gasteiger partial charge is 0.229 e. The minimum absolute atomic E-state index is 0.0150. The summed E-state index contributed by atoms with van der Waals surface area (Å²) in [5.41, 5.74) is 1.09. The standard InChI is InChI=1S/C27H32N6O4S/c1-14(2)37-21-11-15(9-10-28-21)30-26-29-13-16(25-32-18-7-5-6-8-20(18)38-25)24(33-26)31-19-12-17(27(3,4)36)22(34)23(19)35/h5-11,13-14,17,19,22-23,34-36H,12H2,1-4H3,(H2,28,29,30,31,33)/t17-,19-,22-,23+/m1/s1. The number of aliphatic hydroxyl groups is 3. The van der Waals surface area contributed by atoms with Gasteiger partial charge in [-0.25, -0.2) is 15.0 Å². The zero-order valence-electron chi connectivity index (χ0n) is 21.7. The zero-order chi connectivity index (χ0) is 27.0. The molecule has 0 bridgehead atoms. The third-order valence-corrected chi connectivity index (χ3v) is 7.64. The number of rotatable bonds is 8. The molecule has 3 aromatic heterocycles. The van der Waals surface area contributed by atoms with E-state index in [0.29, 0.717) is 35.3 Å². The fourth-order valence-electron chi connectivity index (χ4n) is 4.67.